The van der Waals surface area contributed by atoms with Gasteiger partial charge in [0.05, 0.1) is 32.2 Å². The van der Waals surface area contributed by atoms with Gasteiger partial charge in [-0.15, -0.1) is 23.2 Å². The first-order valence-electron chi connectivity index (χ1n) is 12.8. The number of carbonyl (C=O) groups excluding carboxylic acids is 3. The molecule has 0 heterocycles. The Balaban J connectivity index is 1.51. The van der Waals surface area contributed by atoms with Crippen LogP contribution in [0, 0.1) is 17.6 Å². The number of amides is 3. The number of halogens is 7. The summed E-state index contributed by atoms with van der Waals surface area (Å²) in [5.41, 5.74) is -1.92. The molecule has 1 aliphatic rings. The second kappa shape index (κ2) is 12.8. The Morgan fingerprint density at radius 3 is 2.23 bits per heavy atom. The summed E-state index contributed by atoms with van der Waals surface area (Å²) in [5, 5.41) is 7.74. The molecule has 1 aliphatic carbocycles. The molecule has 0 saturated heterocycles. The van der Waals surface area contributed by atoms with Crippen LogP contribution in [0.3, 0.4) is 0 Å². The molecule has 3 N–H and O–H groups in total. The molecular formula is C29H24Cl5F2N3O4. The first-order valence-corrected chi connectivity index (χ1v) is 14.6. The molecule has 0 aliphatic heterocycles. The fraction of sp³-hybridized carbons (Fsp3) is 0.276. The SMILES string of the molecule is CCOC(C)(C)C(=O)Nc1c(F)ccc(NC(=O)c2cc(NC(=O)[C@H]3[C@H](c4ccc(Cl)c(Cl)c4)C3(Cl)Cl)ccc2Cl)c1F. The Hall–Kier alpha value is -2.66. The van der Waals surface area contributed by atoms with Gasteiger partial charge < -0.3 is 20.7 Å². The van der Waals surface area contributed by atoms with Crippen molar-refractivity contribution in [1.82, 2.24) is 0 Å². The second-order valence-electron chi connectivity index (χ2n) is 10.1. The van der Waals surface area contributed by atoms with Crippen LogP contribution in [0.2, 0.25) is 15.1 Å². The van der Waals surface area contributed by atoms with Gasteiger partial charge in [-0.25, -0.2) is 8.78 Å². The lowest BCUT2D eigenvalue weighted by Crippen LogP contribution is -2.40. The van der Waals surface area contributed by atoms with Gasteiger partial charge in [0, 0.05) is 18.2 Å². The van der Waals surface area contributed by atoms with Crippen LogP contribution in [-0.4, -0.2) is 34.3 Å². The molecule has 3 aromatic rings. The highest BCUT2D eigenvalue weighted by atomic mass is 35.5. The summed E-state index contributed by atoms with van der Waals surface area (Å²) in [5.74, 6) is -5.91. The zero-order chi connectivity index (χ0) is 31.9. The molecule has 43 heavy (non-hydrogen) atoms. The van der Waals surface area contributed by atoms with Crippen LogP contribution in [-0.2, 0) is 14.3 Å². The normalized spacial score (nSPS) is 17.3. The number of carbonyl (C=O) groups is 3. The van der Waals surface area contributed by atoms with Crippen molar-refractivity contribution >= 4 is 92.8 Å². The van der Waals surface area contributed by atoms with Crippen LogP contribution < -0.4 is 16.0 Å². The Bertz CT molecular complexity index is 1620. The Morgan fingerprint density at radius 2 is 1.58 bits per heavy atom. The van der Waals surface area contributed by atoms with Gasteiger partial charge in [0.1, 0.15) is 21.4 Å². The zero-order valence-electron chi connectivity index (χ0n) is 22.8. The number of hydrogen-bond donors (Lipinski definition) is 3. The van der Waals surface area contributed by atoms with E-state index in [9.17, 15) is 18.8 Å². The van der Waals surface area contributed by atoms with Crippen LogP contribution >= 0.6 is 58.0 Å². The molecular weight excluding hydrogens is 670 g/mol. The van der Waals surface area contributed by atoms with E-state index < -0.39 is 62.5 Å². The third-order valence-corrected chi connectivity index (χ3v) is 8.76. The van der Waals surface area contributed by atoms with Crippen LogP contribution in [0.25, 0.3) is 0 Å². The molecule has 14 heteroatoms. The van der Waals surface area contributed by atoms with Gasteiger partial charge in [-0.1, -0.05) is 40.9 Å². The number of benzene rings is 3. The van der Waals surface area contributed by atoms with Gasteiger partial charge in [-0.2, -0.15) is 0 Å². The minimum atomic E-state index is -1.42. The van der Waals surface area contributed by atoms with Crippen molar-refractivity contribution in [2.24, 2.45) is 5.92 Å². The summed E-state index contributed by atoms with van der Waals surface area (Å²) in [4.78, 5) is 38.7. The first-order chi connectivity index (χ1) is 20.1. The van der Waals surface area contributed by atoms with E-state index in [1.54, 1.807) is 25.1 Å². The lowest BCUT2D eigenvalue weighted by Gasteiger charge is -2.24. The van der Waals surface area contributed by atoms with Gasteiger partial charge >= 0.3 is 0 Å². The largest absolute Gasteiger partial charge is 0.366 e. The van der Waals surface area contributed by atoms with Crippen LogP contribution in [0.1, 0.15) is 42.6 Å². The second-order valence-corrected chi connectivity index (χ2v) is 12.8. The van der Waals surface area contributed by atoms with Crippen molar-refractivity contribution in [1.29, 1.82) is 0 Å². The Kier molecular flexibility index (Phi) is 9.86. The van der Waals surface area contributed by atoms with Gasteiger partial charge in [0.15, 0.2) is 5.82 Å². The zero-order valence-corrected chi connectivity index (χ0v) is 26.5. The van der Waals surface area contributed by atoms with Crippen molar-refractivity contribution in [3.8, 4) is 0 Å². The van der Waals surface area contributed by atoms with E-state index in [1.807, 2.05) is 0 Å². The van der Waals surface area contributed by atoms with E-state index in [4.69, 9.17) is 62.7 Å². The molecule has 3 aromatic carbocycles. The quantitative estimate of drug-likeness (QED) is 0.196. The molecule has 7 nitrogen and oxygen atoms in total. The highest BCUT2D eigenvalue weighted by Gasteiger charge is 2.67. The fourth-order valence-electron chi connectivity index (χ4n) is 4.41. The summed E-state index contributed by atoms with van der Waals surface area (Å²) in [6, 6.07) is 10.8. The fourth-order valence-corrected chi connectivity index (χ4v) is 5.75. The smallest absolute Gasteiger partial charge is 0.257 e. The first kappa shape index (κ1) is 33.2. The number of ether oxygens (including phenoxy) is 1. The van der Waals surface area contributed by atoms with Gasteiger partial charge in [-0.3, -0.25) is 14.4 Å². The third kappa shape index (κ3) is 7.03. The van der Waals surface area contributed by atoms with E-state index in [1.165, 1.54) is 32.0 Å². The molecule has 0 unspecified atom stereocenters. The Morgan fingerprint density at radius 1 is 0.907 bits per heavy atom. The number of alkyl halides is 2. The summed E-state index contributed by atoms with van der Waals surface area (Å²) >= 11 is 31.1. The van der Waals surface area contributed by atoms with Gasteiger partial charge in [-0.05, 0) is 68.8 Å². The van der Waals surface area contributed by atoms with E-state index in [-0.39, 0.29) is 27.9 Å². The molecule has 1 saturated carbocycles. The summed E-state index contributed by atoms with van der Waals surface area (Å²) in [7, 11) is 0. The van der Waals surface area contributed by atoms with Crippen LogP contribution in [0.15, 0.2) is 48.5 Å². The van der Waals surface area contributed by atoms with Crippen LogP contribution in [0.4, 0.5) is 25.8 Å². The highest BCUT2D eigenvalue weighted by Crippen LogP contribution is 2.65. The minimum Gasteiger partial charge on any atom is -0.366 e. The average molecular weight is 694 g/mol. The van der Waals surface area contributed by atoms with E-state index in [0.717, 1.165) is 12.1 Å². The number of hydrogen-bond acceptors (Lipinski definition) is 4. The van der Waals surface area contributed by atoms with Crippen molar-refractivity contribution in [2.45, 2.75) is 36.6 Å². The molecule has 0 bridgehead atoms. The predicted octanol–water partition coefficient (Wildman–Crippen LogP) is 8.46. The van der Waals surface area contributed by atoms with Crippen molar-refractivity contribution < 1.29 is 27.9 Å². The highest BCUT2D eigenvalue weighted by molar-refractivity contribution is 6.53. The average Bonchev–Trinajstić information content (AvgIpc) is 3.52. The molecule has 0 radical (unpaired) electrons. The van der Waals surface area contributed by atoms with E-state index in [0.29, 0.717) is 10.6 Å². The molecule has 3 amide bonds. The lowest BCUT2D eigenvalue weighted by molar-refractivity contribution is -0.136. The molecule has 1 fully saturated rings. The maximum Gasteiger partial charge on any atom is 0.257 e. The van der Waals surface area contributed by atoms with E-state index in [2.05, 4.69) is 16.0 Å². The van der Waals surface area contributed by atoms with E-state index >= 15 is 4.39 Å². The lowest BCUT2D eigenvalue weighted by atomic mass is 10.1. The standard InChI is InChI=1S/C29H24Cl5F2N3O4/c1-4-43-28(2,3)27(42)39-24-19(35)9-10-20(23(24)36)38-25(40)15-12-14(6-8-16(15)30)37-26(41)22-21(29(22,33)34)13-5-7-17(31)18(32)11-13/h5-12,21-22H,4H2,1-3H3,(H,37,41)(H,38,40)(H,39,42)/t21-,22+/m0/s1. The minimum absolute atomic E-state index is 0.0193. The maximum atomic E-state index is 15.2. The number of anilines is 3. The number of rotatable bonds is 9. The van der Waals surface area contributed by atoms with Gasteiger partial charge in [0.2, 0.25) is 5.91 Å². The summed E-state index contributed by atoms with van der Waals surface area (Å²) in [6.07, 6.45) is 0. The molecule has 4 rings (SSSR count). The topological polar surface area (TPSA) is 96.5 Å². The molecule has 2 atom stereocenters. The number of nitrogens with one attached hydrogen (secondary N) is 3. The van der Waals surface area contributed by atoms with Crippen molar-refractivity contribution in [3.63, 3.8) is 0 Å². The predicted molar refractivity (Wildman–Crippen MR) is 166 cm³/mol. The summed E-state index contributed by atoms with van der Waals surface area (Å²) in [6.45, 7) is 4.75. The maximum absolute atomic E-state index is 15.2. The third-order valence-electron chi connectivity index (χ3n) is 6.75. The molecule has 0 aromatic heterocycles. The van der Waals surface area contributed by atoms with Crippen LogP contribution in [0.5, 0.6) is 0 Å². The molecule has 228 valence electrons. The Labute approximate surface area is 271 Å². The van der Waals surface area contributed by atoms with Crippen molar-refractivity contribution in [2.75, 3.05) is 22.6 Å². The molecule has 0 spiro atoms. The van der Waals surface area contributed by atoms with Gasteiger partial charge in [0.25, 0.3) is 11.8 Å². The summed E-state index contributed by atoms with van der Waals surface area (Å²) < 4.78 is 33.6. The monoisotopic (exact) mass is 691 g/mol. The van der Waals surface area contributed by atoms with Crippen molar-refractivity contribution in [3.05, 3.63) is 86.4 Å².